The van der Waals surface area contributed by atoms with Crippen molar-refractivity contribution in [2.75, 3.05) is 14.2 Å². The lowest BCUT2D eigenvalue weighted by molar-refractivity contribution is 0.0947. The molecular weight excluding hydrogens is 326 g/mol. The number of ether oxygens (including phenoxy) is 2. The Morgan fingerprint density at radius 1 is 1.40 bits per heavy atom. The summed E-state index contributed by atoms with van der Waals surface area (Å²) >= 11 is 3.36. The normalized spacial score (nSPS) is 10.2. The lowest BCUT2D eigenvalue weighted by Gasteiger charge is -2.12. The molecule has 1 heterocycles. The number of amides is 1. The predicted octanol–water partition coefficient (Wildman–Crippen LogP) is 2.12. The van der Waals surface area contributed by atoms with E-state index in [-0.39, 0.29) is 5.91 Å². The average molecular weight is 340 g/mol. The monoisotopic (exact) mass is 339 g/mol. The number of aromatic nitrogens is 2. The van der Waals surface area contributed by atoms with E-state index in [9.17, 15) is 4.79 Å². The largest absolute Gasteiger partial charge is 0.497 e. The average Bonchev–Trinajstić information content (AvgIpc) is 2.97. The maximum atomic E-state index is 12.2. The molecule has 1 aromatic carbocycles. The van der Waals surface area contributed by atoms with Crippen LogP contribution in [0.1, 0.15) is 16.1 Å². The second-order valence-corrected chi connectivity index (χ2v) is 4.80. The Kier molecular flexibility index (Phi) is 4.62. The zero-order chi connectivity index (χ0) is 14.5. The summed E-state index contributed by atoms with van der Waals surface area (Å²) in [5.74, 6) is 0.785. The van der Waals surface area contributed by atoms with Crippen LogP contribution >= 0.6 is 15.9 Å². The first-order valence-electron chi connectivity index (χ1n) is 5.82. The van der Waals surface area contributed by atoms with E-state index in [1.165, 1.54) is 7.11 Å². The van der Waals surface area contributed by atoms with Gasteiger partial charge in [0.25, 0.3) is 5.91 Å². The van der Waals surface area contributed by atoms with E-state index in [1.807, 2.05) is 0 Å². The minimum Gasteiger partial charge on any atom is -0.497 e. The molecule has 7 heteroatoms. The van der Waals surface area contributed by atoms with Gasteiger partial charge in [-0.2, -0.15) is 0 Å². The first kappa shape index (κ1) is 14.4. The van der Waals surface area contributed by atoms with Crippen LogP contribution in [0, 0.1) is 0 Å². The number of halogens is 1. The zero-order valence-corrected chi connectivity index (χ0v) is 12.7. The Morgan fingerprint density at radius 2 is 2.20 bits per heavy atom. The molecule has 0 atom stereocenters. The van der Waals surface area contributed by atoms with Crippen molar-refractivity contribution in [3.05, 3.63) is 40.4 Å². The van der Waals surface area contributed by atoms with Gasteiger partial charge in [-0.05, 0) is 28.1 Å². The first-order valence-corrected chi connectivity index (χ1v) is 6.62. The molecule has 20 heavy (non-hydrogen) atoms. The van der Waals surface area contributed by atoms with Crippen molar-refractivity contribution in [1.82, 2.24) is 15.3 Å². The molecule has 1 aromatic heterocycles. The highest BCUT2D eigenvalue weighted by Crippen LogP contribution is 2.33. The minimum absolute atomic E-state index is 0.254. The molecule has 2 N–H and O–H groups in total. The van der Waals surface area contributed by atoms with Gasteiger partial charge in [0.15, 0.2) is 0 Å². The van der Waals surface area contributed by atoms with Crippen LogP contribution in [0.3, 0.4) is 0 Å². The molecule has 0 bridgehead atoms. The second-order valence-electron chi connectivity index (χ2n) is 3.95. The van der Waals surface area contributed by atoms with Gasteiger partial charge in [0.2, 0.25) is 0 Å². The number of hydrogen-bond donors (Lipinski definition) is 2. The van der Waals surface area contributed by atoms with Crippen LogP contribution in [0.4, 0.5) is 0 Å². The third-order valence-electron chi connectivity index (χ3n) is 2.70. The number of benzene rings is 1. The number of aromatic amines is 1. The van der Waals surface area contributed by atoms with E-state index in [4.69, 9.17) is 9.47 Å². The number of imidazole rings is 1. The molecule has 0 radical (unpaired) electrons. The van der Waals surface area contributed by atoms with Gasteiger partial charge in [-0.25, -0.2) is 4.98 Å². The topological polar surface area (TPSA) is 76.2 Å². The van der Waals surface area contributed by atoms with Crippen LogP contribution in [0.2, 0.25) is 0 Å². The number of rotatable bonds is 5. The molecule has 0 saturated heterocycles. The maximum absolute atomic E-state index is 12.2. The molecule has 0 aliphatic heterocycles. The number of H-pyrrole nitrogens is 1. The van der Waals surface area contributed by atoms with Gasteiger partial charge in [-0.15, -0.1) is 0 Å². The lowest BCUT2D eigenvalue weighted by atomic mass is 10.1. The number of carbonyl (C=O) groups is 1. The van der Waals surface area contributed by atoms with Gasteiger partial charge in [0, 0.05) is 6.20 Å². The van der Waals surface area contributed by atoms with Crippen LogP contribution in [0.5, 0.6) is 11.5 Å². The van der Waals surface area contributed by atoms with Crippen molar-refractivity contribution in [3.63, 3.8) is 0 Å². The highest BCUT2D eigenvalue weighted by Gasteiger charge is 2.17. The SMILES string of the molecule is COc1cc(Br)c(OC)c(C(=O)NCc2cnc[nH]2)c1. The zero-order valence-electron chi connectivity index (χ0n) is 11.1. The predicted molar refractivity (Wildman–Crippen MR) is 77.0 cm³/mol. The summed E-state index contributed by atoms with van der Waals surface area (Å²) < 4.78 is 11.1. The van der Waals surface area contributed by atoms with Crippen LogP contribution in [0.15, 0.2) is 29.1 Å². The molecule has 6 nitrogen and oxygen atoms in total. The molecular formula is C13H14BrN3O3. The molecule has 0 spiro atoms. The summed E-state index contributed by atoms with van der Waals surface area (Å²) in [5.41, 5.74) is 1.22. The third-order valence-corrected chi connectivity index (χ3v) is 3.28. The van der Waals surface area contributed by atoms with Crippen molar-refractivity contribution in [2.45, 2.75) is 6.54 Å². The van der Waals surface area contributed by atoms with Gasteiger partial charge in [0.1, 0.15) is 11.5 Å². The number of nitrogens with zero attached hydrogens (tertiary/aromatic N) is 1. The van der Waals surface area contributed by atoms with Gasteiger partial charge >= 0.3 is 0 Å². The van der Waals surface area contributed by atoms with Crippen molar-refractivity contribution < 1.29 is 14.3 Å². The summed E-state index contributed by atoms with van der Waals surface area (Å²) in [7, 11) is 3.05. The Hall–Kier alpha value is -2.02. The number of methoxy groups -OCH3 is 2. The molecule has 106 valence electrons. The van der Waals surface area contributed by atoms with Crippen LogP contribution < -0.4 is 14.8 Å². The van der Waals surface area contributed by atoms with Crippen LogP contribution in [-0.4, -0.2) is 30.1 Å². The lowest BCUT2D eigenvalue weighted by Crippen LogP contribution is -2.23. The van der Waals surface area contributed by atoms with E-state index in [0.29, 0.717) is 28.1 Å². The Morgan fingerprint density at radius 3 is 2.80 bits per heavy atom. The summed E-state index contributed by atoms with van der Waals surface area (Å²) in [5, 5.41) is 2.79. The number of nitrogens with one attached hydrogen (secondary N) is 2. The van der Waals surface area contributed by atoms with E-state index < -0.39 is 0 Å². The highest BCUT2D eigenvalue weighted by atomic mass is 79.9. The fourth-order valence-corrected chi connectivity index (χ4v) is 2.32. The fraction of sp³-hybridized carbons (Fsp3) is 0.231. The van der Waals surface area contributed by atoms with Gasteiger partial charge < -0.3 is 19.8 Å². The number of hydrogen-bond acceptors (Lipinski definition) is 4. The smallest absolute Gasteiger partial charge is 0.255 e. The van der Waals surface area contributed by atoms with Gasteiger partial charge in [-0.3, -0.25) is 4.79 Å². The van der Waals surface area contributed by atoms with Crippen molar-refractivity contribution in [3.8, 4) is 11.5 Å². The van der Waals surface area contributed by atoms with Gasteiger partial charge in [-0.1, -0.05) is 0 Å². The van der Waals surface area contributed by atoms with Crippen molar-refractivity contribution >= 4 is 21.8 Å². The molecule has 0 saturated carbocycles. The summed E-state index contributed by atoms with van der Waals surface area (Å²) in [6.07, 6.45) is 3.21. The minimum atomic E-state index is -0.254. The quantitative estimate of drug-likeness (QED) is 0.874. The Labute approximate surface area is 124 Å². The van der Waals surface area contributed by atoms with E-state index in [0.717, 1.165) is 5.69 Å². The van der Waals surface area contributed by atoms with Crippen LogP contribution in [-0.2, 0) is 6.54 Å². The van der Waals surface area contributed by atoms with E-state index in [2.05, 4.69) is 31.2 Å². The summed E-state index contributed by atoms with van der Waals surface area (Å²) in [6.45, 7) is 0.358. The molecule has 0 aliphatic carbocycles. The maximum Gasteiger partial charge on any atom is 0.255 e. The first-order chi connectivity index (χ1) is 9.65. The van der Waals surface area contributed by atoms with Crippen molar-refractivity contribution in [1.29, 1.82) is 0 Å². The molecule has 0 fully saturated rings. The molecule has 0 unspecified atom stereocenters. The molecule has 2 rings (SSSR count). The Bertz CT molecular complexity index is 599. The Balaban J connectivity index is 2.21. The third kappa shape index (κ3) is 3.11. The van der Waals surface area contributed by atoms with Crippen LogP contribution in [0.25, 0.3) is 0 Å². The standard InChI is InChI=1S/C13H14BrN3O3/c1-19-9-3-10(12(20-2)11(14)4-9)13(18)16-6-8-5-15-7-17-8/h3-5,7H,6H2,1-2H3,(H,15,17)(H,16,18). The van der Waals surface area contributed by atoms with Crippen molar-refractivity contribution in [2.24, 2.45) is 0 Å². The summed E-state index contributed by atoms with van der Waals surface area (Å²) in [6, 6.07) is 3.37. The fourth-order valence-electron chi connectivity index (χ4n) is 1.71. The highest BCUT2D eigenvalue weighted by molar-refractivity contribution is 9.10. The molecule has 0 aliphatic rings. The van der Waals surface area contributed by atoms with E-state index >= 15 is 0 Å². The van der Waals surface area contributed by atoms with E-state index in [1.54, 1.807) is 31.8 Å². The molecule has 1 amide bonds. The molecule has 2 aromatic rings. The summed E-state index contributed by atoms with van der Waals surface area (Å²) in [4.78, 5) is 19.0. The number of carbonyl (C=O) groups excluding carboxylic acids is 1. The van der Waals surface area contributed by atoms with Gasteiger partial charge in [0.05, 0.1) is 42.8 Å². The second kappa shape index (κ2) is 6.42.